The number of aromatic nitrogens is 2. The third kappa shape index (κ3) is 5.28. The van der Waals surface area contributed by atoms with E-state index in [-0.39, 0.29) is 24.4 Å². The Bertz CT molecular complexity index is 997. The zero-order valence-electron chi connectivity index (χ0n) is 19.2. The van der Waals surface area contributed by atoms with Gasteiger partial charge in [-0.05, 0) is 44.4 Å². The average Bonchev–Trinajstić information content (AvgIpc) is 3.22. The second-order valence-corrected chi connectivity index (χ2v) is 9.41. The lowest BCUT2D eigenvalue weighted by Gasteiger charge is -2.36. The predicted molar refractivity (Wildman–Crippen MR) is 123 cm³/mol. The van der Waals surface area contributed by atoms with E-state index in [1.54, 1.807) is 6.92 Å². The number of piperidine rings is 1. The summed E-state index contributed by atoms with van der Waals surface area (Å²) in [6, 6.07) is 5.99. The Kier molecular flexibility index (Phi) is 6.50. The van der Waals surface area contributed by atoms with E-state index in [1.807, 2.05) is 41.6 Å². The molecule has 0 bridgehead atoms. The standard InChI is InChI=1S/C23H34N6O3/c1-16-24-20-12-19(4-5-21(20)27(16)3)26-22(31)13-29-11-8-23(32,15-29)14-28-9-6-18(7-10-28)25-17(2)30/h4-5,12,18,32H,6-11,13-15H2,1-3H3,(H,25,30)(H,26,31)/t23-/m0/s1. The average molecular weight is 443 g/mol. The molecule has 2 aromatic rings. The monoisotopic (exact) mass is 442 g/mol. The summed E-state index contributed by atoms with van der Waals surface area (Å²) in [6.45, 7) is 7.29. The molecule has 4 rings (SSSR count). The normalized spacial score (nSPS) is 23.0. The van der Waals surface area contributed by atoms with Crippen LogP contribution in [-0.2, 0) is 16.6 Å². The Morgan fingerprint density at radius 2 is 1.97 bits per heavy atom. The van der Waals surface area contributed by atoms with Gasteiger partial charge in [-0.15, -0.1) is 0 Å². The third-order valence-electron chi connectivity index (χ3n) is 6.68. The number of carbonyl (C=O) groups is 2. The number of nitrogens with zero attached hydrogens (tertiary/aromatic N) is 4. The molecule has 2 saturated heterocycles. The zero-order valence-corrected chi connectivity index (χ0v) is 19.2. The fraction of sp³-hybridized carbons (Fsp3) is 0.609. The fourth-order valence-electron chi connectivity index (χ4n) is 4.95. The highest BCUT2D eigenvalue weighted by molar-refractivity contribution is 5.94. The zero-order chi connectivity index (χ0) is 22.9. The van der Waals surface area contributed by atoms with Gasteiger partial charge in [0, 0.05) is 58.4 Å². The highest BCUT2D eigenvalue weighted by Gasteiger charge is 2.38. The van der Waals surface area contributed by atoms with Crippen molar-refractivity contribution in [3.8, 4) is 0 Å². The highest BCUT2D eigenvalue weighted by Crippen LogP contribution is 2.24. The predicted octanol–water partition coefficient (Wildman–Crippen LogP) is 0.858. The summed E-state index contributed by atoms with van der Waals surface area (Å²) >= 11 is 0. The Balaban J connectivity index is 1.25. The molecule has 9 heteroatoms. The number of hydrogen-bond acceptors (Lipinski definition) is 6. The van der Waals surface area contributed by atoms with Crippen LogP contribution in [0.4, 0.5) is 5.69 Å². The van der Waals surface area contributed by atoms with Gasteiger partial charge in [-0.1, -0.05) is 0 Å². The number of benzene rings is 1. The van der Waals surface area contributed by atoms with Crippen molar-refractivity contribution in [1.82, 2.24) is 24.7 Å². The molecule has 3 N–H and O–H groups in total. The van der Waals surface area contributed by atoms with Crippen molar-refractivity contribution in [1.29, 1.82) is 0 Å². The maximum absolute atomic E-state index is 12.6. The summed E-state index contributed by atoms with van der Waals surface area (Å²) in [5, 5.41) is 17.0. The van der Waals surface area contributed by atoms with Gasteiger partial charge in [0.2, 0.25) is 11.8 Å². The number of carbonyl (C=O) groups excluding carboxylic acids is 2. The molecular weight excluding hydrogens is 408 g/mol. The van der Waals surface area contributed by atoms with Crippen LogP contribution in [-0.4, -0.2) is 87.2 Å². The summed E-state index contributed by atoms with van der Waals surface area (Å²) in [6.07, 6.45) is 2.47. The van der Waals surface area contributed by atoms with Crippen LogP contribution < -0.4 is 10.6 Å². The lowest BCUT2D eigenvalue weighted by molar-refractivity contribution is -0.120. The Morgan fingerprint density at radius 1 is 1.22 bits per heavy atom. The van der Waals surface area contributed by atoms with Crippen LogP contribution in [0.5, 0.6) is 0 Å². The number of nitrogens with one attached hydrogen (secondary N) is 2. The topological polar surface area (TPSA) is 103 Å². The van der Waals surface area contributed by atoms with Crippen molar-refractivity contribution < 1.29 is 14.7 Å². The molecule has 0 spiro atoms. The summed E-state index contributed by atoms with van der Waals surface area (Å²) in [5.41, 5.74) is 1.83. The second kappa shape index (κ2) is 9.17. The molecular formula is C23H34N6O3. The molecule has 0 saturated carbocycles. The van der Waals surface area contributed by atoms with E-state index in [0.29, 0.717) is 26.1 Å². The summed E-state index contributed by atoms with van der Waals surface area (Å²) < 4.78 is 2.02. The van der Waals surface area contributed by atoms with Crippen molar-refractivity contribution >= 4 is 28.5 Å². The highest BCUT2D eigenvalue weighted by atomic mass is 16.3. The van der Waals surface area contributed by atoms with E-state index >= 15 is 0 Å². The summed E-state index contributed by atoms with van der Waals surface area (Å²) in [5.74, 6) is 0.860. The number of β-amino-alcohol motifs (C(OH)–C–C–N with tert-alkyl or cyclic N) is 1. The van der Waals surface area contributed by atoms with E-state index in [4.69, 9.17) is 0 Å². The molecule has 2 amide bonds. The minimum absolute atomic E-state index is 0.0156. The first-order valence-electron chi connectivity index (χ1n) is 11.4. The van der Waals surface area contributed by atoms with Gasteiger partial charge in [-0.25, -0.2) is 4.98 Å². The lowest BCUT2D eigenvalue weighted by Crippen LogP contribution is -2.50. The third-order valence-corrected chi connectivity index (χ3v) is 6.68. The van der Waals surface area contributed by atoms with Crippen LogP contribution in [0.1, 0.15) is 32.0 Å². The van der Waals surface area contributed by atoms with Crippen molar-refractivity contribution in [2.24, 2.45) is 7.05 Å². The number of amides is 2. The molecule has 2 aliphatic rings. The molecule has 0 aliphatic carbocycles. The quantitative estimate of drug-likeness (QED) is 0.613. The molecule has 32 heavy (non-hydrogen) atoms. The van der Waals surface area contributed by atoms with E-state index in [0.717, 1.165) is 48.5 Å². The number of aliphatic hydroxyl groups is 1. The van der Waals surface area contributed by atoms with Crippen molar-refractivity contribution in [3.05, 3.63) is 24.0 Å². The van der Waals surface area contributed by atoms with Gasteiger partial charge in [0.25, 0.3) is 0 Å². The van der Waals surface area contributed by atoms with E-state index in [9.17, 15) is 14.7 Å². The second-order valence-electron chi connectivity index (χ2n) is 9.41. The number of aryl methyl sites for hydroxylation is 2. The maximum atomic E-state index is 12.6. The van der Waals surface area contributed by atoms with Crippen LogP contribution in [0.3, 0.4) is 0 Å². The van der Waals surface area contributed by atoms with Crippen molar-refractivity contribution in [2.45, 2.75) is 44.8 Å². The number of rotatable bonds is 6. The van der Waals surface area contributed by atoms with Gasteiger partial charge in [0.05, 0.1) is 23.2 Å². The Morgan fingerprint density at radius 3 is 2.69 bits per heavy atom. The minimum Gasteiger partial charge on any atom is -0.387 e. The summed E-state index contributed by atoms with van der Waals surface area (Å²) in [4.78, 5) is 32.6. The van der Waals surface area contributed by atoms with E-state index in [1.165, 1.54) is 0 Å². The number of fused-ring (bicyclic) bond motifs is 1. The van der Waals surface area contributed by atoms with Crippen LogP contribution in [0.2, 0.25) is 0 Å². The smallest absolute Gasteiger partial charge is 0.238 e. The summed E-state index contributed by atoms with van der Waals surface area (Å²) in [7, 11) is 1.97. The van der Waals surface area contributed by atoms with Crippen molar-refractivity contribution in [2.75, 3.05) is 44.6 Å². The van der Waals surface area contributed by atoms with Crippen LogP contribution in [0, 0.1) is 6.92 Å². The molecule has 1 aromatic heterocycles. The number of imidazole rings is 1. The molecule has 174 valence electrons. The Hall–Kier alpha value is -2.49. The molecule has 1 atom stereocenters. The Labute approximate surface area is 188 Å². The first-order chi connectivity index (χ1) is 15.2. The van der Waals surface area contributed by atoms with Gasteiger partial charge in [-0.2, -0.15) is 0 Å². The van der Waals surface area contributed by atoms with Gasteiger partial charge in [0.15, 0.2) is 0 Å². The molecule has 1 aromatic carbocycles. The van der Waals surface area contributed by atoms with E-state index < -0.39 is 5.60 Å². The molecule has 2 fully saturated rings. The van der Waals surface area contributed by atoms with E-state index in [2.05, 4.69) is 20.5 Å². The minimum atomic E-state index is -0.800. The van der Waals surface area contributed by atoms with Gasteiger partial charge >= 0.3 is 0 Å². The SMILES string of the molecule is CC(=O)NC1CCN(C[C@@]2(O)CCN(CC(=O)Nc3ccc4c(c3)nc(C)n4C)C2)CC1. The van der Waals surface area contributed by atoms with Crippen LogP contribution >= 0.6 is 0 Å². The molecule has 0 radical (unpaired) electrons. The molecule has 2 aliphatic heterocycles. The first kappa shape index (κ1) is 22.7. The number of likely N-dealkylation sites (tertiary alicyclic amines) is 2. The largest absolute Gasteiger partial charge is 0.387 e. The lowest BCUT2D eigenvalue weighted by atomic mass is 9.99. The fourth-order valence-corrected chi connectivity index (χ4v) is 4.95. The van der Waals surface area contributed by atoms with Crippen molar-refractivity contribution in [3.63, 3.8) is 0 Å². The van der Waals surface area contributed by atoms with Gasteiger partial charge in [-0.3, -0.25) is 14.5 Å². The number of anilines is 1. The molecule has 0 unspecified atom stereocenters. The van der Waals surface area contributed by atoms with Crippen LogP contribution in [0.15, 0.2) is 18.2 Å². The molecule has 9 nitrogen and oxygen atoms in total. The van der Waals surface area contributed by atoms with Gasteiger partial charge in [0.1, 0.15) is 5.82 Å². The molecule has 3 heterocycles. The first-order valence-corrected chi connectivity index (χ1v) is 11.4. The maximum Gasteiger partial charge on any atom is 0.238 e. The van der Waals surface area contributed by atoms with Crippen LogP contribution in [0.25, 0.3) is 11.0 Å². The number of hydrogen-bond donors (Lipinski definition) is 3. The van der Waals surface area contributed by atoms with Gasteiger partial charge < -0.3 is 25.2 Å².